The minimum absolute atomic E-state index is 0.431. The average molecular weight is 223 g/mol. The lowest BCUT2D eigenvalue weighted by atomic mass is 10.1. The van der Waals surface area contributed by atoms with Crippen molar-refractivity contribution in [2.45, 2.75) is 52.0 Å². The Labute approximate surface area is 91.4 Å². The number of alkyl halides is 2. The summed E-state index contributed by atoms with van der Waals surface area (Å²) in [5, 5.41) is 3.42. The first-order chi connectivity index (χ1) is 7.20. The van der Waals surface area contributed by atoms with Crippen molar-refractivity contribution in [1.29, 1.82) is 0 Å². The third kappa shape index (κ3) is 10.1. The molecule has 0 heterocycles. The fraction of sp³-hybridized carbons (Fsp3) is 1.00. The molecule has 0 spiro atoms. The van der Waals surface area contributed by atoms with Gasteiger partial charge in [0, 0.05) is 12.6 Å². The van der Waals surface area contributed by atoms with Gasteiger partial charge in [0.15, 0.2) is 0 Å². The molecule has 2 nitrogen and oxygen atoms in total. The molecule has 1 unspecified atom stereocenters. The lowest BCUT2D eigenvalue weighted by Crippen LogP contribution is -2.29. The van der Waals surface area contributed by atoms with E-state index in [0.29, 0.717) is 12.6 Å². The van der Waals surface area contributed by atoms with E-state index in [-0.39, 0.29) is 0 Å². The van der Waals surface area contributed by atoms with E-state index in [2.05, 4.69) is 19.2 Å². The summed E-state index contributed by atoms with van der Waals surface area (Å²) in [6.07, 6.45) is 1.71. The van der Waals surface area contributed by atoms with Gasteiger partial charge in [-0.25, -0.2) is 8.78 Å². The molecule has 0 radical (unpaired) electrons. The van der Waals surface area contributed by atoms with Crippen LogP contribution < -0.4 is 5.32 Å². The first kappa shape index (κ1) is 14.8. The number of hydrogen-bond acceptors (Lipinski definition) is 2. The Bertz CT molecular complexity index is 134. The van der Waals surface area contributed by atoms with Crippen molar-refractivity contribution < 1.29 is 13.5 Å². The van der Waals surface area contributed by atoms with Gasteiger partial charge in [0.2, 0.25) is 0 Å². The highest BCUT2D eigenvalue weighted by Crippen LogP contribution is 2.03. The monoisotopic (exact) mass is 223 g/mol. The van der Waals surface area contributed by atoms with Crippen LogP contribution >= 0.6 is 0 Å². The van der Waals surface area contributed by atoms with Crippen LogP contribution in [-0.2, 0) is 4.74 Å². The van der Waals surface area contributed by atoms with Gasteiger partial charge < -0.3 is 10.1 Å². The molecule has 1 N–H and O–H groups in total. The molecule has 0 aliphatic rings. The predicted octanol–water partition coefficient (Wildman–Crippen LogP) is 2.83. The van der Waals surface area contributed by atoms with Gasteiger partial charge in [0.25, 0.3) is 6.43 Å². The third-order valence-corrected chi connectivity index (χ3v) is 2.26. The summed E-state index contributed by atoms with van der Waals surface area (Å²) in [6, 6.07) is 0.500. The number of ether oxygens (including phenoxy) is 1. The van der Waals surface area contributed by atoms with Crippen LogP contribution in [0.3, 0.4) is 0 Å². The molecule has 4 heteroatoms. The van der Waals surface area contributed by atoms with Crippen molar-refractivity contribution in [2.24, 2.45) is 0 Å². The van der Waals surface area contributed by atoms with E-state index in [1.165, 1.54) is 0 Å². The summed E-state index contributed by atoms with van der Waals surface area (Å²) in [5.41, 5.74) is 0. The molecule has 0 bridgehead atoms. The van der Waals surface area contributed by atoms with Crippen molar-refractivity contribution in [2.75, 3.05) is 19.8 Å². The van der Waals surface area contributed by atoms with Gasteiger partial charge in [0.05, 0.1) is 0 Å². The summed E-state index contributed by atoms with van der Waals surface area (Å²) in [6.45, 7) is 5.29. The molecule has 0 amide bonds. The second-order valence-corrected chi connectivity index (χ2v) is 3.67. The van der Waals surface area contributed by atoms with Crippen LogP contribution in [-0.4, -0.2) is 32.2 Å². The summed E-state index contributed by atoms with van der Waals surface area (Å²) in [4.78, 5) is 0. The van der Waals surface area contributed by atoms with Gasteiger partial charge in [-0.05, 0) is 32.2 Å². The molecular formula is C11H23F2NO. The van der Waals surface area contributed by atoms with E-state index in [1.54, 1.807) is 0 Å². The quantitative estimate of drug-likeness (QED) is 0.575. The SMILES string of the molecule is CCCNC(CC)CCCOCC(F)F. The van der Waals surface area contributed by atoms with E-state index in [1.807, 2.05) is 0 Å². The lowest BCUT2D eigenvalue weighted by molar-refractivity contribution is 0.0157. The highest BCUT2D eigenvalue weighted by atomic mass is 19.3. The first-order valence-corrected chi connectivity index (χ1v) is 5.79. The maximum atomic E-state index is 11.7. The maximum Gasteiger partial charge on any atom is 0.261 e. The number of nitrogens with one attached hydrogen (secondary N) is 1. The molecule has 0 aliphatic carbocycles. The number of rotatable bonds is 10. The Morgan fingerprint density at radius 3 is 2.53 bits per heavy atom. The van der Waals surface area contributed by atoms with E-state index in [0.717, 1.165) is 32.2 Å². The molecule has 15 heavy (non-hydrogen) atoms. The smallest absolute Gasteiger partial charge is 0.261 e. The second-order valence-electron chi connectivity index (χ2n) is 3.67. The Balaban J connectivity index is 3.30. The highest BCUT2D eigenvalue weighted by molar-refractivity contribution is 4.63. The second kappa shape index (κ2) is 10.3. The van der Waals surface area contributed by atoms with Crippen LogP contribution in [0.1, 0.15) is 39.5 Å². The number of hydrogen-bond donors (Lipinski definition) is 1. The van der Waals surface area contributed by atoms with E-state index in [9.17, 15) is 8.78 Å². The minimum Gasteiger partial charge on any atom is -0.376 e. The third-order valence-electron chi connectivity index (χ3n) is 2.26. The molecule has 0 aromatic carbocycles. The van der Waals surface area contributed by atoms with Crippen LogP contribution in [0, 0.1) is 0 Å². The highest BCUT2D eigenvalue weighted by Gasteiger charge is 2.05. The van der Waals surface area contributed by atoms with Gasteiger partial charge in [-0.3, -0.25) is 0 Å². The van der Waals surface area contributed by atoms with Gasteiger partial charge in [0.1, 0.15) is 6.61 Å². The first-order valence-electron chi connectivity index (χ1n) is 5.79. The Morgan fingerprint density at radius 2 is 2.00 bits per heavy atom. The fourth-order valence-electron chi connectivity index (χ4n) is 1.40. The van der Waals surface area contributed by atoms with Crippen LogP contribution in [0.2, 0.25) is 0 Å². The molecular weight excluding hydrogens is 200 g/mol. The Kier molecular flexibility index (Phi) is 10.2. The largest absolute Gasteiger partial charge is 0.376 e. The van der Waals surface area contributed by atoms with Crippen molar-refractivity contribution in [3.63, 3.8) is 0 Å². The predicted molar refractivity (Wildman–Crippen MR) is 58.4 cm³/mol. The normalized spacial score (nSPS) is 13.4. The minimum atomic E-state index is -2.34. The molecule has 1 atom stereocenters. The van der Waals surface area contributed by atoms with E-state index in [4.69, 9.17) is 4.74 Å². The topological polar surface area (TPSA) is 21.3 Å². The Morgan fingerprint density at radius 1 is 1.27 bits per heavy atom. The maximum absolute atomic E-state index is 11.7. The zero-order valence-electron chi connectivity index (χ0n) is 9.77. The zero-order valence-corrected chi connectivity index (χ0v) is 9.77. The zero-order chi connectivity index (χ0) is 11.5. The molecule has 0 aliphatic heterocycles. The van der Waals surface area contributed by atoms with Gasteiger partial charge in [-0.15, -0.1) is 0 Å². The summed E-state index contributed by atoms with van der Waals surface area (Å²) < 4.78 is 28.2. The van der Waals surface area contributed by atoms with E-state index < -0.39 is 13.0 Å². The van der Waals surface area contributed by atoms with E-state index >= 15 is 0 Å². The summed E-state index contributed by atoms with van der Waals surface area (Å²) in [7, 11) is 0. The van der Waals surface area contributed by atoms with Crippen molar-refractivity contribution in [3.05, 3.63) is 0 Å². The molecule has 0 fully saturated rings. The van der Waals surface area contributed by atoms with Crippen molar-refractivity contribution in [1.82, 2.24) is 5.32 Å². The van der Waals surface area contributed by atoms with Gasteiger partial charge >= 0.3 is 0 Å². The van der Waals surface area contributed by atoms with Gasteiger partial charge in [-0.2, -0.15) is 0 Å². The van der Waals surface area contributed by atoms with Gasteiger partial charge in [-0.1, -0.05) is 13.8 Å². The summed E-state index contributed by atoms with van der Waals surface area (Å²) in [5.74, 6) is 0. The number of halogens is 2. The molecule has 0 saturated heterocycles. The fourth-order valence-corrected chi connectivity index (χ4v) is 1.40. The lowest BCUT2D eigenvalue weighted by Gasteiger charge is -2.16. The summed E-state index contributed by atoms with van der Waals surface area (Å²) >= 11 is 0. The van der Waals surface area contributed by atoms with Crippen LogP contribution in [0.5, 0.6) is 0 Å². The van der Waals surface area contributed by atoms with Crippen molar-refractivity contribution in [3.8, 4) is 0 Å². The molecule has 0 aromatic heterocycles. The molecule has 92 valence electrons. The standard InChI is InChI=1S/C11H23F2NO/c1-3-7-14-10(4-2)6-5-8-15-9-11(12)13/h10-11,14H,3-9H2,1-2H3. The molecule has 0 rings (SSSR count). The molecule has 0 aromatic rings. The molecule has 0 saturated carbocycles. The van der Waals surface area contributed by atoms with Crippen LogP contribution in [0.15, 0.2) is 0 Å². The Hall–Kier alpha value is -0.220. The average Bonchev–Trinajstić information content (AvgIpc) is 2.21. The van der Waals surface area contributed by atoms with Crippen LogP contribution in [0.4, 0.5) is 8.78 Å². The van der Waals surface area contributed by atoms with Crippen LogP contribution in [0.25, 0.3) is 0 Å². The van der Waals surface area contributed by atoms with Crippen molar-refractivity contribution >= 4 is 0 Å².